The minimum absolute atomic E-state index is 0.121. The van der Waals surface area contributed by atoms with Gasteiger partial charge in [0.25, 0.3) is 0 Å². The number of hydrogen-bond donors (Lipinski definition) is 0. The standard InChI is InChI=1S/C13H22O2/c1-9(2)11-6-5-7-12(8-11)15-13(14)10(3)4/h9,11-12H,3,5-8H2,1-2,4H3. The number of rotatable bonds is 3. The third-order valence-electron chi connectivity index (χ3n) is 3.23. The van der Waals surface area contributed by atoms with Crippen molar-refractivity contribution in [3.8, 4) is 0 Å². The van der Waals surface area contributed by atoms with Gasteiger partial charge in [0.15, 0.2) is 0 Å². The van der Waals surface area contributed by atoms with Crippen molar-refractivity contribution in [3.05, 3.63) is 12.2 Å². The first-order valence-electron chi connectivity index (χ1n) is 5.87. The molecule has 0 aliphatic heterocycles. The van der Waals surface area contributed by atoms with Gasteiger partial charge >= 0.3 is 5.97 Å². The lowest BCUT2D eigenvalue weighted by atomic mass is 9.80. The molecule has 1 fully saturated rings. The van der Waals surface area contributed by atoms with Crippen molar-refractivity contribution in [1.29, 1.82) is 0 Å². The molecule has 0 radical (unpaired) electrons. The van der Waals surface area contributed by atoms with Gasteiger partial charge in [-0.05, 0) is 44.4 Å². The lowest BCUT2D eigenvalue weighted by molar-refractivity contribution is -0.146. The fourth-order valence-corrected chi connectivity index (χ4v) is 2.15. The van der Waals surface area contributed by atoms with Crippen LogP contribution in [0.5, 0.6) is 0 Å². The topological polar surface area (TPSA) is 26.3 Å². The first-order chi connectivity index (χ1) is 7.00. The molecule has 0 spiro atoms. The lowest BCUT2D eigenvalue weighted by Gasteiger charge is -2.31. The normalized spacial score (nSPS) is 26.4. The van der Waals surface area contributed by atoms with E-state index < -0.39 is 0 Å². The summed E-state index contributed by atoms with van der Waals surface area (Å²) in [4.78, 5) is 11.4. The van der Waals surface area contributed by atoms with Gasteiger partial charge in [-0.25, -0.2) is 4.79 Å². The van der Waals surface area contributed by atoms with Crippen LogP contribution >= 0.6 is 0 Å². The maximum Gasteiger partial charge on any atom is 0.333 e. The highest BCUT2D eigenvalue weighted by Gasteiger charge is 2.26. The number of hydrogen-bond acceptors (Lipinski definition) is 2. The summed E-state index contributed by atoms with van der Waals surface area (Å²) >= 11 is 0. The zero-order valence-corrected chi connectivity index (χ0v) is 10.1. The molecule has 2 unspecified atom stereocenters. The number of ether oxygens (including phenoxy) is 1. The summed E-state index contributed by atoms with van der Waals surface area (Å²) in [5.74, 6) is 1.17. The Morgan fingerprint density at radius 2 is 2.07 bits per heavy atom. The van der Waals surface area contributed by atoms with Gasteiger partial charge < -0.3 is 4.74 Å². The van der Waals surface area contributed by atoms with E-state index in [-0.39, 0.29) is 12.1 Å². The summed E-state index contributed by atoms with van der Waals surface area (Å²) < 4.78 is 5.39. The highest BCUT2D eigenvalue weighted by Crippen LogP contribution is 2.31. The van der Waals surface area contributed by atoms with Gasteiger partial charge in [0.1, 0.15) is 6.10 Å². The third-order valence-corrected chi connectivity index (χ3v) is 3.23. The minimum atomic E-state index is -0.232. The minimum Gasteiger partial charge on any atom is -0.459 e. The van der Waals surface area contributed by atoms with E-state index in [1.807, 2.05) is 0 Å². The molecule has 0 saturated heterocycles. The van der Waals surface area contributed by atoms with E-state index in [0.29, 0.717) is 17.4 Å². The average Bonchev–Trinajstić information content (AvgIpc) is 2.18. The maximum atomic E-state index is 11.4. The second kappa shape index (κ2) is 5.34. The van der Waals surface area contributed by atoms with Gasteiger partial charge in [-0.1, -0.05) is 20.4 Å². The summed E-state index contributed by atoms with van der Waals surface area (Å²) in [6.07, 6.45) is 4.62. The van der Waals surface area contributed by atoms with Crippen LogP contribution in [0.1, 0.15) is 46.5 Å². The number of esters is 1. The van der Waals surface area contributed by atoms with E-state index >= 15 is 0 Å². The molecule has 15 heavy (non-hydrogen) atoms. The van der Waals surface area contributed by atoms with Gasteiger partial charge in [-0.15, -0.1) is 0 Å². The van der Waals surface area contributed by atoms with Crippen molar-refractivity contribution in [3.63, 3.8) is 0 Å². The lowest BCUT2D eigenvalue weighted by Crippen LogP contribution is -2.28. The fraction of sp³-hybridized carbons (Fsp3) is 0.769. The SMILES string of the molecule is C=C(C)C(=O)OC1CCCC(C(C)C)C1. The van der Waals surface area contributed by atoms with Gasteiger partial charge in [-0.2, -0.15) is 0 Å². The Morgan fingerprint density at radius 3 is 2.60 bits per heavy atom. The molecule has 0 N–H and O–H groups in total. The van der Waals surface area contributed by atoms with Crippen LogP contribution in [0, 0.1) is 11.8 Å². The van der Waals surface area contributed by atoms with E-state index in [1.165, 1.54) is 12.8 Å². The van der Waals surface area contributed by atoms with Gasteiger partial charge in [0.2, 0.25) is 0 Å². The molecule has 2 heteroatoms. The second-order valence-electron chi connectivity index (χ2n) is 4.98. The first-order valence-corrected chi connectivity index (χ1v) is 5.87. The molecule has 0 heterocycles. The van der Waals surface area contributed by atoms with Crippen LogP contribution in [0.4, 0.5) is 0 Å². The molecule has 0 amide bonds. The predicted molar refractivity (Wildman–Crippen MR) is 61.5 cm³/mol. The Bertz CT molecular complexity index is 243. The smallest absolute Gasteiger partial charge is 0.333 e. The van der Waals surface area contributed by atoms with E-state index in [1.54, 1.807) is 6.92 Å². The van der Waals surface area contributed by atoms with Gasteiger partial charge in [0.05, 0.1) is 0 Å². The summed E-state index contributed by atoms with van der Waals surface area (Å²) in [7, 11) is 0. The molecule has 0 aromatic rings. The third kappa shape index (κ3) is 3.69. The first kappa shape index (κ1) is 12.3. The average molecular weight is 210 g/mol. The van der Waals surface area contributed by atoms with Crippen molar-refractivity contribution >= 4 is 5.97 Å². The molecule has 1 saturated carbocycles. The molecule has 1 aliphatic rings. The molecular weight excluding hydrogens is 188 g/mol. The molecule has 0 aromatic carbocycles. The summed E-state index contributed by atoms with van der Waals surface area (Å²) in [6, 6.07) is 0. The van der Waals surface area contributed by atoms with E-state index in [2.05, 4.69) is 20.4 Å². The largest absolute Gasteiger partial charge is 0.459 e. The molecule has 1 aliphatic carbocycles. The van der Waals surface area contributed by atoms with E-state index in [0.717, 1.165) is 12.8 Å². The van der Waals surface area contributed by atoms with Crippen molar-refractivity contribution in [1.82, 2.24) is 0 Å². The molecule has 0 aromatic heterocycles. The Morgan fingerprint density at radius 1 is 1.40 bits per heavy atom. The Labute approximate surface area is 92.7 Å². The van der Waals surface area contributed by atoms with E-state index in [9.17, 15) is 4.79 Å². The zero-order valence-electron chi connectivity index (χ0n) is 10.1. The quantitative estimate of drug-likeness (QED) is 0.527. The monoisotopic (exact) mass is 210 g/mol. The second-order valence-corrected chi connectivity index (χ2v) is 4.98. The Hall–Kier alpha value is -0.790. The Kier molecular flexibility index (Phi) is 4.37. The van der Waals surface area contributed by atoms with Crippen molar-refractivity contribution in [2.45, 2.75) is 52.6 Å². The van der Waals surface area contributed by atoms with Crippen molar-refractivity contribution in [2.24, 2.45) is 11.8 Å². The highest BCUT2D eigenvalue weighted by molar-refractivity contribution is 5.87. The molecule has 2 atom stereocenters. The van der Waals surface area contributed by atoms with Crippen LogP contribution in [-0.2, 0) is 9.53 Å². The summed E-state index contributed by atoms with van der Waals surface area (Å²) in [6.45, 7) is 9.79. The molecule has 0 bridgehead atoms. The van der Waals surface area contributed by atoms with Crippen LogP contribution in [0.3, 0.4) is 0 Å². The molecule has 1 rings (SSSR count). The maximum absolute atomic E-state index is 11.4. The zero-order chi connectivity index (χ0) is 11.4. The molecule has 86 valence electrons. The van der Waals surface area contributed by atoms with Crippen molar-refractivity contribution in [2.75, 3.05) is 0 Å². The van der Waals surface area contributed by atoms with E-state index in [4.69, 9.17) is 4.74 Å². The summed E-state index contributed by atoms with van der Waals surface area (Å²) in [5.41, 5.74) is 0.502. The van der Waals surface area contributed by atoms with Crippen molar-refractivity contribution < 1.29 is 9.53 Å². The fourth-order valence-electron chi connectivity index (χ4n) is 2.15. The van der Waals surface area contributed by atoms with Crippen LogP contribution in [0.25, 0.3) is 0 Å². The van der Waals surface area contributed by atoms with Gasteiger partial charge in [-0.3, -0.25) is 0 Å². The highest BCUT2D eigenvalue weighted by atomic mass is 16.5. The predicted octanol–water partition coefficient (Wildman–Crippen LogP) is 3.32. The number of carbonyl (C=O) groups is 1. The van der Waals surface area contributed by atoms with Crippen LogP contribution in [0.15, 0.2) is 12.2 Å². The molecule has 2 nitrogen and oxygen atoms in total. The number of carbonyl (C=O) groups excluding carboxylic acids is 1. The molecular formula is C13H22O2. The van der Waals surface area contributed by atoms with Crippen LogP contribution in [-0.4, -0.2) is 12.1 Å². The summed E-state index contributed by atoms with van der Waals surface area (Å²) in [5, 5.41) is 0. The van der Waals surface area contributed by atoms with Crippen LogP contribution < -0.4 is 0 Å². The van der Waals surface area contributed by atoms with Gasteiger partial charge in [0, 0.05) is 5.57 Å². The Balaban J connectivity index is 2.43. The van der Waals surface area contributed by atoms with Crippen LogP contribution in [0.2, 0.25) is 0 Å².